The van der Waals surface area contributed by atoms with Crippen molar-refractivity contribution in [1.82, 2.24) is 13.9 Å². The third kappa shape index (κ3) is 6.39. The van der Waals surface area contributed by atoms with Crippen molar-refractivity contribution in [3.63, 3.8) is 0 Å². The minimum atomic E-state index is -3.58. The Kier molecular flexibility index (Phi) is 8.87. The molecule has 0 saturated heterocycles. The van der Waals surface area contributed by atoms with Gasteiger partial charge in [0.15, 0.2) is 0 Å². The van der Waals surface area contributed by atoms with Crippen LogP contribution in [0, 0.1) is 11.3 Å². The van der Waals surface area contributed by atoms with Crippen LogP contribution < -0.4 is 4.90 Å². The van der Waals surface area contributed by atoms with Gasteiger partial charge >= 0.3 is 0 Å². The van der Waals surface area contributed by atoms with Gasteiger partial charge in [0.25, 0.3) is 0 Å². The predicted octanol–water partition coefficient (Wildman–Crippen LogP) is 6.99. The molecular weight excluding hydrogens is 627 g/mol. The molecule has 0 spiro atoms. The molecule has 0 saturated carbocycles. The molecule has 7 nitrogen and oxygen atoms in total. The van der Waals surface area contributed by atoms with Gasteiger partial charge in [-0.05, 0) is 52.4 Å². The van der Waals surface area contributed by atoms with Crippen molar-refractivity contribution in [2.75, 3.05) is 17.7 Å². The molecule has 244 valence electrons. The van der Waals surface area contributed by atoms with Gasteiger partial charge in [-0.3, -0.25) is 0 Å². The number of fused-ring (bicyclic) bond motifs is 1. The first kappa shape index (κ1) is 32.1. The summed E-state index contributed by atoms with van der Waals surface area (Å²) in [5, 5.41) is 9.74. The van der Waals surface area contributed by atoms with Gasteiger partial charge in [-0.2, -0.15) is 9.57 Å². The molecule has 2 heterocycles. The van der Waals surface area contributed by atoms with Crippen LogP contribution in [0.15, 0.2) is 152 Å². The van der Waals surface area contributed by atoms with E-state index in [4.69, 9.17) is 4.98 Å². The number of nitrogens with zero attached hydrogens (tertiary/aromatic N) is 5. The SMILES string of the molecule is CS(=O)(=O)N1Cc2cc(C#N)ccc2N(Cc2cn(C(c3ccccc3)(c3ccccc3)c3ccccc3)cn2)CC1Cc1ccccc1. The van der Waals surface area contributed by atoms with Crippen LogP contribution in [0.1, 0.15) is 39.1 Å². The quantitative estimate of drug-likeness (QED) is 0.156. The number of hydrogen-bond donors (Lipinski definition) is 0. The minimum absolute atomic E-state index is 0.186. The zero-order valence-corrected chi connectivity index (χ0v) is 28.1. The maximum absolute atomic E-state index is 13.3. The second-order valence-corrected chi connectivity index (χ2v) is 14.5. The number of nitriles is 1. The zero-order valence-electron chi connectivity index (χ0n) is 27.3. The molecule has 5 aromatic carbocycles. The Balaban J connectivity index is 1.34. The van der Waals surface area contributed by atoms with Gasteiger partial charge < -0.3 is 9.47 Å². The number of sulfonamides is 1. The van der Waals surface area contributed by atoms with Crippen LogP contribution in [0.5, 0.6) is 0 Å². The normalized spacial score (nSPS) is 15.3. The average molecular weight is 664 g/mol. The van der Waals surface area contributed by atoms with Crippen LogP contribution >= 0.6 is 0 Å². The van der Waals surface area contributed by atoms with Gasteiger partial charge in [0, 0.05) is 31.0 Å². The Morgan fingerprint density at radius 2 is 1.35 bits per heavy atom. The second-order valence-electron chi connectivity index (χ2n) is 12.6. The van der Waals surface area contributed by atoms with Gasteiger partial charge in [0.05, 0.1) is 36.5 Å². The molecule has 6 aromatic rings. The molecule has 0 radical (unpaired) electrons. The van der Waals surface area contributed by atoms with Gasteiger partial charge in [-0.15, -0.1) is 0 Å². The van der Waals surface area contributed by atoms with E-state index in [1.807, 2.05) is 67.0 Å². The maximum atomic E-state index is 13.3. The number of anilines is 1. The van der Waals surface area contributed by atoms with Gasteiger partial charge in [0.2, 0.25) is 10.0 Å². The lowest BCUT2D eigenvalue weighted by Crippen LogP contribution is -2.45. The summed E-state index contributed by atoms with van der Waals surface area (Å²) in [6.07, 6.45) is 5.84. The molecule has 0 N–H and O–H groups in total. The summed E-state index contributed by atoms with van der Waals surface area (Å²) in [4.78, 5) is 7.22. The van der Waals surface area contributed by atoms with E-state index in [0.717, 1.165) is 39.2 Å². The molecule has 49 heavy (non-hydrogen) atoms. The molecule has 1 aromatic heterocycles. The van der Waals surface area contributed by atoms with Gasteiger partial charge in [-0.1, -0.05) is 121 Å². The molecule has 1 aliphatic heterocycles. The molecule has 0 bridgehead atoms. The van der Waals surface area contributed by atoms with Crippen molar-refractivity contribution < 1.29 is 8.42 Å². The topological polar surface area (TPSA) is 82.2 Å². The molecule has 0 fully saturated rings. The van der Waals surface area contributed by atoms with Crippen LogP contribution in [0.2, 0.25) is 0 Å². The van der Waals surface area contributed by atoms with E-state index in [-0.39, 0.29) is 12.6 Å². The van der Waals surface area contributed by atoms with Crippen LogP contribution in [-0.4, -0.2) is 41.1 Å². The van der Waals surface area contributed by atoms with E-state index in [9.17, 15) is 13.7 Å². The first-order valence-corrected chi connectivity index (χ1v) is 18.2. The van der Waals surface area contributed by atoms with Crippen molar-refractivity contribution in [3.05, 3.63) is 191 Å². The fourth-order valence-corrected chi connectivity index (χ4v) is 8.29. The van der Waals surface area contributed by atoms with Crippen LogP contribution in [0.25, 0.3) is 0 Å². The van der Waals surface area contributed by atoms with Crippen molar-refractivity contribution in [1.29, 1.82) is 5.26 Å². The van der Waals surface area contributed by atoms with E-state index in [1.54, 1.807) is 10.4 Å². The highest BCUT2D eigenvalue weighted by Gasteiger charge is 2.39. The van der Waals surface area contributed by atoms with Crippen molar-refractivity contribution in [2.45, 2.75) is 31.1 Å². The Morgan fingerprint density at radius 1 is 0.796 bits per heavy atom. The van der Waals surface area contributed by atoms with E-state index >= 15 is 0 Å². The lowest BCUT2D eigenvalue weighted by atomic mass is 9.77. The number of imidazole rings is 1. The van der Waals surface area contributed by atoms with Crippen LogP contribution in [-0.2, 0) is 35.1 Å². The molecule has 1 aliphatic rings. The number of benzene rings is 5. The predicted molar refractivity (Wildman–Crippen MR) is 193 cm³/mol. The molecule has 0 amide bonds. The first-order valence-electron chi connectivity index (χ1n) is 16.3. The Morgan fingerprint density at radius 3 is 1.88 bits per heavy atom. The zero-order chi connectivity index (χ0) is 33.8. The van der Waals surface area contributed by atoms with Gasteiger partial charge in [0.1, 0.15) is 5.54 Å². The first-order chi connectivity index (χ1) is 23.9. The summed E-state index contributed by atoms with van der Waals surface area (Å²) in [6, 6.07) is 48.9. The Bertz CT molecular complexity index is 2080. The number of hydrogen-bond acceptors (Lipinski definition) is 5. The third-order valence-corrected chi connectivity index (χ3v) is 10.7. The summed E-state index contributed by atoms with van der Waals surface area (Å²) in [5.41, 5.74) is 6.71. The van der Waals surface area contributed by atoms with Crippen LogP contribution in [0.3, 0.4) is 0 Å². The summed E-state index contributed by atoms with van der Waals surface area (Å²) in [5.74, 6) is 0. The van der Waals surface area contributed by atoms with Gasteiger partial charge in [-0.25, -0.2) is 13.4 Å². The monoisotopic (exact) mass is 663 g/mol. The second kappa shape index (κ2) is 13.6. The fourth-order valence-electron chi connectivity index (χ4n) is 7.23. The highest BCUT2D eigenvalue weighted by molar-refractivity contribution is 7.88. The maximum Gasteiger partial charge on any atom is 0.211 e. The smallest absolute Gasteiger partial charge is 0.211 e. The molecule has 1 unspecified atom stereocenters. The van der Waals surface area contributed by atoms with E-state index in [0.29, 0.717) is 25.1 Å². The number of aromatic nitrogens is 2. The summed E-state index contributed by atoms with van der Waals surface area (Å²) >= 11 is 0. The molecule has 0 aliphatic carbocycles. The molecule has 1 atom stereocenters. The number of rotatable bonds is 9. The largest absolute Gasteiger partial charge is 0.364 e. The minimum Gasteiger partial charge on any atom is -0.364 e. The lowest BCUT2D eigenvalue weighted by Gasteiger charge is -2.37. The summed E-state index contributed by atoms with van der Waals surface area (Å²) in [6.45, 7) is 1.09. The van der Waals surface area contributed by atoms with Crippen molar-refractivity contribution in [3.8, 4) is 6.07 Å². The highest BCUT2D eigenvalue weighted by Crippen LogP contribution is 2.41. The Labute approximate surface area is 288 Å². The summed E-state index contributed by atoms with van der Waals surface area (Å²) in [7, 11) is -3.58. The highest BCUT2D eigenvalue weighted by atomic mass is 32.2. The third-order valence-electron chi connectivity index (χ3n) is 9.40. The summed E-state index contributed by atoms with van der Waals surface area (Å²) < 4.78 is 30.4. The molecule has 8 heteroatoms. The lowest BCUT2D eigenvalue weighted by molar-refractivity contribution is 0.320. The van der Waals surface area contributed by atoms with Crippen molar-refractivity contribution >= 4 is 15.7 Å². The Hall–Kier alpha value is -5.49. The average Bonchev–Trinajstić information content (AvgIpc) is 3.54. The van der Waals surface area contributed by atoms with Crippen molar-refractivity contribution in [2.24, 2.45) is 0 Å². The standard InChI is InChI=1S/C41H37N5O2S/c1-49(47,48)46-27-34-24-33(26-42)22-23-40(34)44(30-39(46)25-32-14-6-2-7-15-32)28-38-29-45(31-43-38)41(35-16-8-3-9-17-35,36-18-10-4-11-19-36)37-20-12-5-13-21-37/h2-24,29,31,39H,25,27-28,30H2,1H3. The molecule has 7 rings (SSSR count). The fraction of sp³-hybridized carbons (Fsp3) is 0.171. The van der Waals surface area contributed by atoms with Crippen LogP contribution in [0.4, 0.5) is 5.69 Å². The van der Waals surface area contributed by atoms with E-state index in [1.165, 1.54) is 6.26 Å². The molecular formula is C41H37N5O2S. The van der Waals surface area contributed by atoms with E-state index < -0.39 is 15.6 Å². The van der Waals surface area contributed by atoms with E-state index in [2.05, 4.69) is 94.5 Å².